The fourth-order valence-electron chi connectivity index (χ4n) is 2.77. The molecule has 0 spiro atoms. The first-order chi connectivity index (χ1) is 14.1. The number of hydrogen-bond acceptors (Lipinski definition) is 6. The molecular formula is C19H22N4O6S. The molecule has 0 amide bonds. The standard InChI is InChI=1S/C17H20N4O2S.C2H2O4/c1-13-14(10-18-2)9-17(15-11-19-20(3)12-15)21(13)24(22,23)16-7-5-4-6-8-16;3-1(4)2(5)6/h4-9,11-12,18H,10H2,1-3H3;(H,3,4)(H,5,6). The van der Waals surface area contributed by atoms with E-state index >= 15 is 0 Å². The second-order valence-corrected chi connectivity index (χ2v) is 8.05. The summed E-state index contributed by atoms with van der Waals surface area (Å²) in [5.74, 6) is -3.65. The van der Waals surface area contributed by atoms with Crippen molar-refractivity contribution in [2.24, 2.45) is 7.05 Å². The van der Waals surface area contributed by atoms with Crippen molar-refractivity contribution in [1.29, 1.82) is 0 Å². The molecule has 30 heavy (non-hydrogen) atoms. The third-order valence-corrected chi connectivity index (χ3v) is 5.95. The maximum atomic E-state index is 13.2. The molecule has 2 aromatic heterocycles. The summed E-state index contributed by atoms with van der Waals surface area (Å²) in [7, 11) is -0.0359. The lowest BCUT2D eigenvalue weighted by Gasteiger charge is -2.12. The van der Waals surface area contributed by atoms with Crippen LogP contribution in [0, 0.1) is 6.92 Å². The van der Waals surface area contributed by atoms with E-state index in [1.165, 1.54) is 3.97 Å². The Morgan fingerprint density at radius 1 is 1.13 bits per heavy atom. The summed E-state index contributed by atoms with van der Waals surface area (Å²) in [6.07, 6.45) is 3.49. The number of aryl methyl sites for hydroxylation is 1. The molecule has 2 heterocycles. The summed E-state index contributed by atoms with van der Waals surface area (Å²) in [6.45, 7) is 2.42. The molecule has 0 unspecified atom stereocenters. The van der Waals surface area contributed by atoms with Gasteiger partial charge in [0, 0.05) is 31.0 Å². The van der Waals surface area contributed by atoms with Crippen molar-refractivity contribution in [3.05, 3.63) is 60.0 Å². The molecule has 0 aliphatic carbocycles. The summed E-state index contributed by atoms with van der Waals surface area (Å²) in [6, 6.07) is 10.4. The molecule has 0 saturated heterocycles. The predicted molar refractivity (Wildman–Crippen MR) is 108 cm³/mol. The first-order valence-corrected chi connectivity index (χ1v) is 10.1. The van der Waals surface area contributed by atoms with Crippen LogP contribution in [-0.4, -0.2) is 51.4 Å². The molecule has 0 radical (unpaired) electrons. The highest BCUT2D eigenvalue weighted by Gasteiger charge is 2.25. The lowest BCUT2D eigenvalue weighted by atomic mass is 10.2. The van der Waals surface area contributed by atoms with E-state index in [0.29, 0.717) is 17.9 Å². The zero-order valence-corrected chi connectivity index (χ0v) is 17.4. The molecule has 3 N–H and O–H groups in total. The lowest BCUT2D eigenvalue weighted by Crippen LogP contribution is -2.16. The van der Waals surface area contributed by atoms with Crippen LogP contribution >= 0.6 is 0 Å². The molecule has 11 heteroatoms. The number of benzene rings is 1. The number of carboxylic acids is 2. The largest absolute Gasteiger partial charge is 0.473 e. The first-order valence-electron chi connectivity index (χ1n) is 8.71. The number of nitrogens with one attached hydrogen (secondary N) is 1. The van der Waals surface area contributed by atoms with Gasteiger partial charge >= 0.3 is 11.9 Å². The normalized spacial score (nSPS) is 10.9. The number of carboxylic acid groups (broad SMARTS) is 2. The van der Waals surface area contributed by atoms with Crippen LogP contribution in [0.25, 0.3) is 11.3 Å². The molecule has 0 bridgehead atoms. The molecule has 1 aromatic carbocycles. The smallest absolute Gasteiger partial charge is 0.414 e. The fraction of sp³-hybridized carbons (Fsp3) is 0.211. The number of nitrogens with zero attached hydrogens (tertiary/aromatic N) is 3. The van der Waals surface area contributed by atoms with Crippen LogP contribution in [0.2, 0.25) is 0 Å². The van der Waals surface area contributed by atoms with Crippen LogP contribution in [0.1, 0.15) is 11.3 Å². The van der Waals surface area contributed by atoms with Gasteiger partial charge in [-0.25, -0.2) is 22.0 Å². The quantitative estimate of drug-likeness (QED) is 0.510. The fourth-order valence-corrected chi connectivity index (χ4v) is 4.38. The second-order valence-electron chi connectivity index (χ2n) is 6.27. The molecule has 10 nitrogen and oxygen atoms in total. The molecule has 160 valence electrons. The highest BCUT2D eigenvalue weighted by molar-refractivity contribution is 7.90. The number of rotatable bonds is 5. The zero-order chi connectivity index (χ0) is 22.5. The Hall–Kier alpha value is -3.44. The van der Waals surface area contributed by atoms with Gasteiger partial charge in [-0.2, -0.15) is 5.10 Å². The van der Waals surface area contributed by atoms with Gasteiger partial charge in [-0.1, -0.05) is 18.2 Å². The van der Waals surface area contributed by atoms with Crippen LogP contribution in [0.5, 0.6) is 0 Å². The van der Waals surface area contributed by atoms with E-state index in [1.54, 1.807) is 41.2 Å². The van der Waals surface area contributed by atoms with Gasteiger partial charge in [0.25, 0.3) is 10.0 Å². The molecule has 0 fully saturated rings. The van der Waals surface area contributed by atoms with Gasteiger partial charge in [0.2, 0.25) is 0 Å². The molecule has 0 saturated carbocycles. The van der Waals surface area contributed by atoms with E-state index in [1.807, 2.05) is 33.3 Å². The Kier molecular flexibility index (Phi) is 7.14. The van der Waals surface area contributed by atoms with Crippen LogP contribution in [0.15, 0.2) is 53.7 Å². The molecule has 0 aliphatic rings. The maximum absolute atomic E-state index is 13.2. The summed E-state index contributed by atoms with van der Waals surface area (Å²) in [5.41, 5.74) is 3.03. The van der Waals surface area contributed by atoms with Crippen molar-refractivity contribution in [1.82, 2.24) is 19.1 Å². The average molecular weight is 434 g/mol. The summed E-state index contributed by atoms with van der Waals surface area (Å²) in [4.78, 5) is 18.5. The summed E-state index contributed by atoms with van der Waals surface area (Å²) < 4.78 is 29.4. The monoisotopic (exact) mass is 434 g/mol. The predicted octanol–water partition coefficient (Wildman–Crippen LogP) is 1.31. The third-order valence-electron chi connectivity index (χ3n) is 4.13. The van der Waals surface area contributed by atoms with E-state index in [4.69, 9.17) is 19.8 Å². The summed E-state index contributed by atoms with van der Waals surface area (Å²) >= 11 is 0. The Bertz CT molecular complexity index is 1140. The summed E-state index contributed by atoms with van der Waals surface area (Å²) in [5, 5.41) is 22.0. The van der Waals surface area contributed by atoms with Gasteiger partial charge in [-0.15, -0.1) is 0 Å². The highest BCUT2D eigenvalue weighted by atomic mass is 32.2. The van der Waals surface area contributed by atoms with Crippen LogP contribution in [-0.2, 0) is 33.2 Å². The van der Waals surface area contributed by atoms with Crippen molar-refractivity contribution < 1.29 is 28.2 Å². The Labute approximate surface area is 173 Å². The average Bonchev–Trinajstić information content (AvgIpc) is 3.27. The van der Waals surface area contributed by atoms with Crippen molar-refractivity contribution in [2.45, 2.75) is 18.4 Å². The van der Waals surface area contributed by atoms with E-state index in [9.17, 15) is 8.42 Å². The van der Waals surface area contributed by atoms with Gasteiger partial charge in [0.1, 0.15) is 0 Å². The van der Waals surface area contributed by atoms with Crippen LogP contribution < -0.4 is 5.32 Å². The molecular weight excluding hydrogens is 412 g/mol. The van der Waals surface area contributed by atoms with Gasteiger partial charge in [0.15, 0.2) is 0 Å². The van der Waals surface area contributed by atoms with E-state index in [-0.39, 0.29) is 4.90 Å². The number of aliphatic carboxylic acids is 2. The maximum Gasteiger partial charge on any atom is 0.414 e. The van der Waals surface area contributed by atoms with E-state index in [0.717, 1.165) is 11.1 Å². The van der Waals surface area contributed by atoms with Gasteiger partial charge in [0.05, 0.1) is 16.8 Å². The van der Waals surface area contributed by atoms with Crippen LogP contribution in [0.4, 0.5) is 0 Å². The Morgan fingerprint density at radius 2 is 1.73 bits per heavy atom. The molecule has 3 aromatic rings. The lowest BCUT2D eigenvalue weighted by molar-refractivity contribution is -0.159. The van der Waals surface area contributed by atoms with E-state index in [2.05, 4.69) is 10.4 Å². The third kappa shape index (κ3) is 4.93. The van der Waals surface area contributed by atoms with Crippen LogP contribution in [0.3, 0.4) is 0 Å². The second kappa shape index (κ2) is 9.37. The molecule has 0 aliphatic heterocycles. The minimum Gasteiger partial charge on any atom is -0.473 e. The van der Waals surface area contributed by atoms with Gasteiger partial charge in [-0.3, -0.25) is 4.68 Å². The zero-order valence-electron chi connectivity index (χ0n) is 16.6. The van der Waals surface area contributed by atoms with Gasteiger partial charge < -0.3 is 15.5 Å². The Morgan fingerprint density at radius 3 is 2.20 bits per heavy atom. The molecule has 3 rings (SSSR count). The van der Waals surface area contributed by atoms with Crippen molar-refractivity contribution in [3.8, 4) is 11.3 Å². The highest BCUT2D eigenvalue weighted by Crippen LogP contribution is 2.30. The topological polar surface area (TPSA) is 144 Å². The van der Waals surface area contributed by atoms with Crippen molar-refractivity contribution >= 4 is 22.0 Å². The minimum absolute atomic E-state index is 0.268. The number of hydrogen-bond donors (Lipinski definition) is 3. The minimum atomic E-state index is -3.68. The van der Waals surface area contributed by atoms with Crippen molar-refractivity contribution in [2.75, 3.05) is 7.05 Å². The number of carbonyl (C=O) groups is 2. The molecule has 0 atom stereocenters. The first kappa shape index (κ1) is 22.8. The van der Waals surface area contributed by atoms with Gasteiger partial charge in [-0.05, 0) is 37.7 Å². The van der Waals surface area contributed by atoms with Crippen molar-refractivity contribution in [3.63, 3.8) is 0 Å². The number of aromatic nitrogens is 3. The Balaban J connectivity index is 0.000000469. The SMILES string of the molecule is CNCc1cc(-c2cnn(C)c2)n(S(=O)(=O)c2ccccc2)c1C.O=C(O)C(=O)O. The van der Waals surface area contributed by atoms with E-state index < -0.39 is 22.0 Å².